The molecule has 3 rings (SSSR count). The Morgan fingerprint density at radius 3 is 2.77 bits per heavy atom. The molecule has 1 aromatic carbocycles. The van der Waals surface area contributed by atoms with E-state index >= 15 is 0 Å². The molecule has 2 aliphatic heterocycles. The number of carbonyl (C=O) groups is 2. The predicted octanol–water partition coefficient (Wildman–Crippen LogP) is 1.68. The van der Waals surface area contributed by atoms with Crippen molar-refractivity contribution < 1.29 is 19.1 Å². The summed E-state index contributed by atoms with van der Waals surface area (Å²) in [5, 5.41) is 13.0. The SMILES string of the molecule is O=C1NC2(CCSCC2)C(=O)N1CC(O)c1cccc(F)c1. The highest BCUT2D eigenvalue weighted by Gasteiger charge is 2.51. The first kappa shape index (κ1) is 15.3. The molecule has 0 saturated carbocycles. The number of benzene rings is 1. The van der Waals surface area contributed by atoms with Gasteiger partial charge in [0.2, 0.25) is 0 Å². The minimum Gasteiger partial charge on any atom is -0.387 e. The number of nitrogens with zero attached hydrogens (tertiary/aromatic N) is 1. The number of aliphatic hydroxyl groups is 1. The molecule has 118 valence electrons. The van der Waals surface area contributed by atoms with Gasteiger partial charge in [-0.25, -0.2) is 9.18 Å². The molecule has 2 aliphatic rings. The predicted molar refractivity (Wildman–Crippen MR) is 80.9 cm³/mol. The highest BCUT2D eigenvalue weighted by Crippen LogP contribution is 2.33. The topological polar surface area (TPSA) is 69.6 Å². The summed E-state index contributed by atoms with van der Waals surface area (Å²) in [5.41, 5.74) is -0.468. The van der Waals surface area contributed by atoms with Crippen LogP contribution in [0, 0.1) is 5.82 Å². The molecule has 5 nitrogen and oxygen atoms in total. The molecule has 0 aliphatic carbocycles. The van der Waals surface area contributed by atoms with E-state index in [1.807, 2.05) is 0 Å². The van der Waals surface area contributed by atoms with Gasteiger partial charge in [-0.15, -0.1) is 0 Å². The number of hydrogen-bond acceptors (Lipinski definition) is 4. The van der Waals surface area contributed by atoms with Gasteiger partial charge in [-0.05, 0) is 42.0 Å². The van der Waals surface area contributed by atoms with E-state index in [1.54, 1.807) is 17.8 Å². The van der Waals surface area contributed by atoms with Crippen molar-refractivity contribution in [1.82, 2.24) is 10.2 Å². The fourth-order valence-electron chi connectivity index (χ4n) is 2.89. The Kier molecular flexibility index (Phi) is 4.10. The number of aliphatic hydroxyl groups excluding tert-OH is 1. The van der Waals surface area contributed by atoms with Gasteiger partial charge in [0.05, 0.1) is 12.6 Å². The second kappa shape index (κ2) is 5.89. The van der Waals surface area contributed by atoms with Crippen LogP contribution in [0.15, 0.2) is 24.3 Å². The van der Waals surface area contributed by atoms with Crippen LogP contribution in [0.1, 0.15) is 24.5 Å². The average Bonchev–Trinajstić information content (AvgIpc) is 2.72. The molecule has 1 atom stereocenters. The molecule has 7 heteroatoms. The molecule has 2 saturated heterocycles. The largest absolute Gasteiger partial charge is 0.387 e. The molecule has 2 fully saturated rings. The molecule has 1 spiro atoms. The summed E-state index contributed by atoms with van der Waals surface area (Å²) in [4.78, 5) is 25.7. The van der Waals surface area contributed by atoms with Crippen LogP contribution in [0.2, 0.25) is 0 Å². The summed E-state index contributed by atoms with van der Waals surface area (Å²) in [5.74, 6) is 0.904. The van der Waals surface area contributed by atoms with E-state index in [0.717, 1.165) is 16.4 Å². The third-order valence-corrected chi connectivity index (χ3v) is 5.17. The van der Waals surface area contributed by atoms with Crippen LogP contribution in [-0.4, -0.2) is 45.5 Å². The summed E-state index contributed by atoms with van der Waals surface area (Å²) in [6.07, 6.45) is 0.113. The number of imide groups is 1. The normalized spacial score (nSPS) is 22.0. The Morgan fingerprint density at radius 1 is 1.36 bits per heavy atom. The number of nitrogens with one attached hydrogen (secondary N) is 1. The first-order valence-corrected chi connectivity index (χ1v) is 8.33. The molecule has 0 radical (unpaired) electrons. The number of thioether (sulfide) groups is 1. The molecule has 22 heavy (non-hydrogen) atoms. The standard InChI is InChI=1S/C15H17FN2O3S/c16-11-3-1-2-10(8-11)12(19)9-18-13(20)15(17-14(18)21)4-6-22-7-5-15/h1-3,8,12,19H,4-7,9H2,(H,17,21). The Morgan fingerprint density at radius 2 is 2.09 bits per heavy atom. The molecule has 2 N–H and O–H groups in total. The van der Waals surface area contributed by atoms with Gasteiger partial charge >= 0.3 is 6.03 Å². The Bertz CT molecular complexity index is 604. The lowest BCUT2D eigenvalue weighted by Crippen LogP contribution is -2.49. The van der Waals surface area contributed by atoms with Crippen LogP contribution in [0.5, 0.6) is 0 Å². The zero-order chi connectivity index (χ0) is 15.7. The quantitative estimate of drug-likeness (QED) is 0.830. The smallest absolute Gasteiger partial charge is 0.325 e. The Hall–Kier alpha value is -1.60. The van der Waals surface area contributed by atoms with Crippen LogP contribution in [0.25, 0.3) is 0 Å². The number of carbonyl (C=O) groups excluding carboxylic acids is 2. The van der Waals surface area contributed by atoms with Crippen molar-refractivity contribution in [2.75, 3.05) is 18.1 Å². The highest BCUT2D eigenvalue weighted by atomic mass is 32.2. The fourth-order valence-corrected chi connectivity index (χ4v) is 4.08. The Labute approximate surface area is 131 Å². The van der Waals surface area contributed by atoms with Gasteiger partial charge in [0, 0.05) is 0 Å². The molecule has 0 bridgehead atoms. The average molecular weight is 324 g/mol. The minimum atomic E-state index is -1.10. The van der Waals surface area contributed by atoms with Crippen molar-refractivity contribution in [3.63, 3.8) is 0 Å². The van der Waals surface area contributed by atoms with E-state index in [2.05, 4.69) is 5.32 Å². The van der Waals surface area contributed by atoms with Gasteiger partial charge in [0.25, 0.3) is 5.91 Å². The van der Waals surface area contributed by atoms with Gasteiger partial charge in [-0.3, -0.25) is 9.69 Å². The van der Waals surface area contributed by atoms with E-state index in [9.17, 15) is 19.1 Å². The molecule has 0 aromatic heterocycles. The maximum Gasteiger partial charge on any atom is 0.325 e. The van der Waals surface area contributed by atoms with Gasteiger partial charge in [-0.1, -0.05) is 12.1 Å². The molecular formula is C15H17FN2O3S. The van der Waals surface area contributed by atoms with Crippen molar-refractivity contribution in [2.45, 2.75) is 24.5 Å². The highest BCUT2D eigenvalue weighted by molar-refractivity contribution is 7.99. The lowest BCUT2D eigenvalue weighted by atomic mass is 9.92. The molecule has 1 aromatic rings. The van der Waals surface area contributed by atoms with Gasteiger partial charge in [-0.2, -0.15) is 11.8 Å². The summed E-state index contributed by atoms with van der Waals surface area (Å²) in [7, 11) is 0. The third kappa shape index (κ3) is 2.70. The van der Waals surface area contributed by atoms with Crippen molar-refractivity contribution >= 4 is 23.7 Å². The van der Waals surface area contributed by atoms with E-state index in [1.165, 1.54) is 18.2 Å². The second-order valence-corrected chi connectivity index (χ2v) is 6.84. The molecular weight excluding hydrogens is 307 g/mol. The Balaban J connectivity index is 1.75. The maximum atomic E-state index is 13.2. The third-order valence-electron chi connectivity index (χ3n) is 4.18. The number of urea groups is 1. The zero-order valence-corrected chi connectivity index (χ0v) is 12.7. The zero-order valence-electron chi connectivity index (χ0n) is 11.9. The van der Waals surface area contributed by atoms with E-state index in [0.29, 0.717) is 18.4 Å². The van der Waals surface area contributed by atoms with Crippen LogP contribution >= 0.6 is 11.8 Å². The summed E-state index contributed by atoms with van der Waals surface area (Å²) in [6, 6.07) is 5.06. The number of β-amino-alcohol motifs (C(OH)–C–C–N with tert-alkyl or cyclic N) is 1. The number of hydrogen-bond donors (Lipinski definition) is 2. The first-order valence-electron chi connectivity index (χ1n) is 7.17. The van der Waals surface area contributed by atoms with E-state index in [4.69, 9.17) is 0 Å². The number of halogens is 1. The van der Waals surface area contributed by atoms with Crippen LogP contribution in [0.3, 0.4) is 0 Å². The van der Waals surface area contributed by atoms with Crippen LogP contribution < -0.4 is 5.32 Å². The monoisotopic (exact) mass is 324 g/mol. The van der Waals surface area contributed by atoms with Crippen molar-refractivity contribution in [3.8, 4) is 0 Å². The lowest BCUT2D eigenvalue weighted by Gasteiger charge is -2.30. The summed E-state index contributed by atoms with van der Waals surface area (Å²) in [6.45, 7) is -0.164. The van der Waals surface area contributed by atoms with Gasteiger partial charge < -0.3 is 10.4 Å². The minimum absolute atomic E-state index is 0.164. The van der Waals surface area contributed by atoms with E-state index in [-0.39, 0.29) is 12.5 Å². The number of amides is 3. The van der Waals surface area contributed by atoms with E-state index < -0.39 is 23.5 Å². The number of rotatable bonds is 3. The van der Waals surface area contributed by atoms with Crippen molar-refractivity contribution in [2.24, 2.45) is 0 Å². The first-order chi connectivity index (χ1) is 10.5. The summed E-state index contributed by atoms with van der Waals surface area (Å²) < 4.78 is 13.2. The van der Waals surface area contributed by atoms with Crippen LogP contribution in [0.4, 0.5) is 9.18 Å². The lowest BCUT2D eigenvalue weighted by molar-refractivity contribution is -0.132. The molecule has 2 heterocycles. The van der Waals surface area contributed by atoms with Gasteiger partial charge in [0.15, 0.2) is 0 Å². The fraction of sp³-hybridized carbons (Fsp3) is 0.467. The van der Waals surface area contributed by atoms with Gasteiger partial charge in [0.1, 0.15) is 11.4 Å². The second-order valence-electron chi connectivity index (χ2n) is 5.61. The summed E-state index contributed by atoms with van der Waals surface area (Å²) >= 11 is 1.76. The molecule has 3 amide bonds. The molecule has 1 unspecified atom stereocenters. The van der Waals surface area contributed by atoms with Crippen LogP contribution in [-0.2, 0) is 4.79 Å². The van der Waals surface area contributed by atoms with Crippen molar-refractivity contribution in [1.29, 1.82) is 0 Å². The maximum absolute atomic E-state index is 13.2. The van der Waals surface area contributed by atoms with Crippen molar-refractivity contribution in [3.05, 3.63) is 35.6 Å².